The van der Waals surface area contributed by atoms with Gasteiger partial charge in [0.1, 0.15) is 0 Å². The minimum atomic E-state index is 0.283. The highest BCUT2D eigenvalue weighted by molar-refractivity contribution is 5.97. The SMILES string of the molecule is CCC1CCC(C(=O)c2ccccc2)CC1. The van der Waals surface area contributed by atoms with Crippen molar-refractivity contribution < 1.29 is 4.79 Å². The highest BCUT2D eigenvalue weighted by Gasteiger charge is 2.25. The van der Waals surface area contributed by atoms with Gasteiger partial charge < -0.3 is 0 Å². The van der Waals surface area contributed by atoms with Crippen LogP contribution in [0.2, 0.25) is 0 Å². The van der Waals surface area contributed by atoms with Crippen LogP contribution >= 0.6 is 0 Å². The molecule has 86 valence electrons. The molecule has 0 saturated heterocycles. The predicted molar refractivity (Wildman–Crippen MR) is 66.5 cm³/mol. The molecule has 1 aromatic carbocycles. The van der Waals surface area contributed by atoms with Crippen LogP contribution < -0.4 is 0 Å². The fourth-order valence-corrected chi connectivity index (χ4v) is 2.67. The lowest BCUT2D eigenvalue weighted by atomic mass is 9.78. The van der Waals surface area contributed by atoms with Crippen LogP contribution in [-0.4, -0.2) is 5.78 Å². The van der Waals surface area contributed by atoms with Crippen LogP contribution in [0.3, 0.4) is 0 Å². The van der Waals surface area contributed by atoms with E-state index >= 15 is 0 Å². The summed E-state index contributed by atoms with van der Waals surface area (Å²) in [5.74, 6) is 1.50. The van der Waals surface area contributed by atoms with Crippen molar-refractivity contribution in [3.63, 3.8) is 0 Å². The van der Waals surface area contributed by atoms with Crippen molar-refractivity contribution in [2.24, 2.45) is 11.8 Å². The number of carbonyl (C=O) groups excluding carboxylic acids is 1. The second-order valence-electron chi connectivity index (χ2n) is 4.86. The van der Waals surface area contributed by atoms with E-state index in [-0.39, 0.29) is 5.92 Å². The Morgan fingerprint density at radius 3 is 2.31 bits per heavy atom. The first-order valence-corrected chi connectivity index (χ1v) is 6.40. The third-order valence-electron chi connectivity index (χ3n) is 3.85. The smallest absolute Gasteiger partial charge is 0.165 e. The highest BCUT2D eigenvalue weighted by Crippen LogP contribution is 2.32. The van der Waals surface area contributed by atoms with Gasteiger partial charge in [-0.1, -0.05) is 43.7 Å². The molecule has 0 N–H and O–H groups in total. The Morgan fingerprint density at radius 1 is 1.12 bits per heavy atom. The van der Waals surface area contributed by atoms with E-state index in [9.17, 15) is 4.79 Å². The Labute approximate surface area is 97.9 Å². The number of Topliss-reactive ketones (excluding diaryl/α,β-unsaturated/α-hetero) is 1. The van der Waals surface area contributed by atoms with Crippen molar-refractivity contribution in [3.8, 4) is 0 Å². The summed E-state index contributed by atoms with van der Waals surface area (Å²) in [6.45, 7) is 2.25. The number of carbonyl (C=O) groups is 1. The van der Waals surface area contributed by atoms with Crippen molar-refractivity contribution in [3.05, 3.63) is 35.9 Å². The average Bonchev–Trinajstić information content (AvgIpc) is 2.39. The van der Waals surface area contributed by atoms with Gasteiger partial charge in [0.2, 0.25) is 0 Å². The fourth-order valence-electron chi connectivity index (χ4n) is 2.67. The van der Waals surface area contributed by atoms with E-state index in [0.29, 0.717) is 5.78 Å². The summed E-state index contributed by atoms with van der Waals surface area (Å²) in [5, 5.41) is 0. The predicted octanol–water partition coefficient (Wildman–Crippen LogP) is 4.09. The first-order chi connectivity index (χ1) is 7.81. The third kappa shape index (κ3) is 2.52. The molecular weight excluding hydrogens is 196 g/mol. The largest absolute Gasteiger partial charge is 0.294 e. The van der Waals surface area contributed by atoms with E-state index in [2.05, 4.69) is 6.92 Å². The van der Waals surface area contributed by atoms with Gasteiger partial charge in [-0.25, -0.2) is 0 Å². The highest BCUT2D eigenvalue weighted by atomic mass is 16.1. The number of hydrogen-bond acceptors (Lipinski definition) is 1. The van der Waals surface area contributed by atoms with Gasteiger partial charge in [0.15, 0.2) is 5.78 Å². The monoisotopic (exact) mass is 216 g/mol. The van der Waals surface area contributed by atoms with E-state index in [1.807, 2.05) is 30.3 Å². The Hall–Kier alpha value is -1.11. The molecule has 0 aromatic heterocycles. The zero-order valence-corrected chi connectivity index (χ0v) is 9.99. The van der Waals surface area contributed by atoms with E-state index in [0.717, 1.165) is 24.3 Å². The molecule has 1 fully saturated rings. The Bertz CT molecular complexity index is 334. The molecule has 0 aliphatic heterocycles. The summed E-state index contributed by atoms with van der Waals surface area (Å²) in [6, 6.07) is 9.74. The second-order valence-corrected chi connectivity index (χ2v) is 4.86. The zero-order valence-electron chi connectivity index (χ0n) is 9.99. The summed E-state index contributed by atoms with van der Waals surface area (Å²) < 4.78 is 0. The Morgan fingerprint density at radius 2 is 1.75 bits per heavy atom. The number of rotatable bonds is 3. The van der Waals surface area contributed by atoms with Crippen molar-refractivity contribution >= 4 is 5.78 Å². The van der Waals surface area contributed by atoms with Gasteiger partial charge in [-0.2, -0.15) is 0 Å². The van der Waals surface area contributed by atoms with Gasteiger partial charge in [0.25, 0.3) is 0 Å². The number of benzene rings is 1. The van der Waals surface area contributed by atoms with Crippen molar-refractivity contribution in [1.29, 1.82) is 0 Å². The van der Waals surface area contributed by atoms with Crippen molar-refractivity contribution in [1.82, 2.24) is 0 Å². The normalized spacial score (nSPS) is 25.3. The maximum Gasteiger partial charge on any atom is 0.165 e. The molecule has 0 unspecified atom stereocenters. The van der Waals surface area contributed by atoms with E-state index < -0.39 is 0 Å². The lowest BCUT2D eigenvalue weighted by molar-refractivity contribution is 0.0871. The lowest BCUT2D eigenvalue weighted by Crippen LogP contribution is -2.21. The average molecular weight is 216 g/mol. The molecule has 1 aliphatic carbocycles. The third-order valence-corrected chi connectivity index (χ3v) is 3.85. The summed E-state index contributed by atoms with van der Waals surface area (Å²) >= 11 is 0. The van der Waals surface area contributed by atoms with Crippen molar-refractivity contribution in [2.75, 3.05) is 0 Å². The van der Waals surface area contributed by atoms with E-state index in [4.69, 9.17) is 0 Å². The molecule has 0 atom stereocenters. The van der Waals surface area contributed by atoms with Gasteiger partial charge in [-0.15, -0.1) is 0 Å². The molecule has 1 aromatic rings. The standard InChI is InChI=1S/C15H20O/c1-2-12-8-10-14(11-9-12)15(16)13-6-4-3-5-7-13/h3-7,12,14H,2,8-11H2,1H3. The van der Waals surface area contributed by atoms with Gasteiger partial charge in [-0.3, -0.25) is 4.79 Å². The van der Waals surface area contributed by atoms with Crippen LogP contribution in [0.1, 0.15) is 49.4 Å². The van der Waals surface area contributed by atoms with Gasteiger partial charge >= 0.3 is 0 Å². The van der Waals surface area contributed by atoms with Gasteiger partial charge in [0, 0.05) is 11.5 Å². The quantitative estimate of drug-likeness (QED) is 0.696. The van der Waals surface area contributed by atoms with E-state index in [1.165, 1.54) is 19.3 Å². The van der Waals surface area contributed by atoms with Crippen LogP contribution in [-0.2, 0) is 0 Å². The molecule has 0 bridgehead atoms. The second kappa shape index (κ2) is 5.29. The molecule has 0 heterocycles. The fraction of sp³-hybridized carbons (Fsp3) is 0.533. The van der Waals surface area contributed by atoms with Crippen LogP contribution in [0.15, 0.2) is 30.3 Å². The lowest BCUT2D eigenvalue weighted by Gasteiger charge is -2.26. The topological polar surface area (TPSA) is 17.1 Å². The first kappa shape index (κ1) is 11.4. The molecule has 1 aliphatic rings. The van der Waals surface area contributed by atoms with Gasteiger partial charge in [-0.05, 0) is 31.6 Å². The number of ketones is 1. The first-order valence-electron chi connectivity index (χ1n) is 6.40. The summed E-state index contributed by atoms with van der Waals surface area (Å²) in [7, 11) is 0. The Balaban J connectivity index is 1.97. The summed E-state index contributed by atoms with van der Waals surface area (Å²) in [4.78, 5) is 12.2. The maximum absolute atomic E-state index is 12.2. The van der Waals surface area contributed by atoms with Crippen LogP contribution in [0.4, 0.5) is 0 Å². The molecule has 1 nitrogen and oxygen atoms in total. The van der Waals surface area contributed by atoms with Crippen molar-refractivity contribution in [2.45, 2.75) is 39.0 Å². The van der Waals surface area contributed by atoms with Crippen LogP contribution in [0, 0.1) is 11.8 Å². The summed E-state index contributed by atoms with van der Waals surface area (Å²) in [5.41, 5.74) is 0.891. The molecule has 16 heavy (non-hydrogen) atoms. The summed E-state index contributed by atoms with van der Waals surface area (Å²) in [6.07, 6.45) is 5.92. The molecule has 1 saturated carbocycles. The molecule has 0 spiro atoms. The van der Waals surface area contributed by atoms with Crippen LogP contribution in [0.25, 0.3) is 0 Å². The zero-order chi connectivity index (χ0) is 11.4. The maximum atomic E-state index is 12.2. The minimum absolute atomic E-state index is 0.283. The molecule has 1 heteroatoms. The van der Waals surface area contributed by atoms with E-state index in [1.54, 1.807) is 0 Å². The van der Waals surface area contributed by atoms with Gasteiger partial charge in [0.05, 0.1) is 0 Å². The molecule has 0 radical (unpaired) electrons. The molecule has 0 amide bonds. The number of hydrogen-bond donors (Lipinski definition) is 0. The molecular formula is C15H20O. The van der Waals surface area contributed by atoms with Crippen LogP contribution in [0.5, 0.6) is 0 Å². The Kier molecular flexibility index (Phi) is 3.76. The molecule has 2 rings (SSSR count). The minimum Gasteiger partial charge on any atom is -0.294 e.